The van der Waals surface area contributed by atoms with Gasteiger partial charge in [0.05, 0.1) is 6.10 Å². The lowest BCUT2D eigenvalue weighted by atomic mass is 10.1. The fraction of sp³-hybridized carbons (Fsp3) is 0.182. The summed E-state index contributed by atoms with van der Waals surface area (Å²) in [5.74, 6) is 0. The maximum Gasteiger partial charge on any atom is 0.0917 e. The topological polar surface area (TPSA) is 23.5 Å². The lowest BCUT2D eigenvalue weighted by molar-refractivity contribution is 0.105. The number of aliphatic hydroxyl groups is 1. The van der Waals surface area contributed by atoms with Crippen LogP contribution < -0.4 is 0 Å². The SMILES string of the molecule is O[C@H](CN(Cc1ccccc1)Cc1ccccc1)c1ccc(Cl)cc1. The highest BCUT2D eigenvalue weighted by Gasteiger charge is 2.14. The number of hydrogen-bond donors (Lipinski definition) is 1. The molecule has 1 atom stereocenters. The molecular formula is C22H22ClNO. The average Bonchev–Trinajstić information content (AvgIpc) is 2.64. The van der Waals surface area contributed by atoms with Crippen molar-refractivity contribution < 1.29 is 5.11 Å². The monoisotopic (exact) mass is 351 g/mol. The van der Waals surface area contributed by atoms with Crippen LogP contribution in [0.15, 0.2) is 84.9 Å². The van der Waals surface area contributed by atoms with E-state index in [4.69, 9.17) is 11.6 Å². The summed E-state index contributed by atoms with van der Waals surface area (Å²) in [6, 6.07) is 28.1. The van der Waals surface area contributed by atoms with Gasteiger partial charge in [-0.05, 0) is 28.8 Å². The molecule has 0 aromatic heterocycles. The normalized spacial score (nSPS) is 12.3. The van der Waals surface area contributed by atoms with E-state index in [0.717, 1.165) is 18.7 Å². The number of aliphatic hydroxyl groups excluding tert-OH is 1. The summed E-state index contributed by atoms with van der Waals surface area (Å²) in [6.45, 7) is 2.15. The summed E-state index contributed by atoms with van der Waals surface area (Å²) in [7, 11) is 0. The Morgan fingerprint density at radius 2 is 1.20 bits per heavy atom. The molecule has 0 heterocycles. The van der Waals surface area contributed by atoms with Crippen molar-refractivity contribution in [2.24, 2.45) is 0 Å². The molecule has 3 aromatic carbocycles. The summed E-state index contributed by atoms with van der Waals surface area (Å²) >= 11 is 5.94. The second kappa shape index (κ2) is 8.82. The number of hydrogen-bond acceptors (Lipinski definition) is 2. The first-order valence-corrected chi connectivity index (χ1v) is 8.82. The minimum Gasteiger partial charge on any atom is -0.387 e. The van der Waals surface area contributed by atoms with Gasteiger partial charge in [0.25, 0.3) is 0 Å². The smallest absolute Gasteiger partial charge is 0.0917 e. The zero-order valence-electron chi connectivity index (χ0n) is 14.1. The van der Waals surface area contributed by atoms with Gasteiger partial charge in [0, 0.05) is 24.7 Å². The third-order valence-corrected chi connectivity index (χ3v) is 4.44. The Morgan fingerprint density at radius 3 is 1.68 bits per heavy atom. The molecule has 0 saturated carbocycles. The van der Waals surface area contributed by atoms with Gasteiger partial charge in [0.15, 0.2) is 0 Å². The van der Waals surface area contributed by atoms with Crippen LogP contribution in [0, 0.1) is 0 Å². The van der Waals surface area contributed by atoms with Crippen LogP contribution in [0.25, 0.3) is 0 Å². The molecular weight excluding hydrogens is 330 g/mol. The molecule has 0 bridgehead atoms. The maximum absolute atomic E-state index is 10.7. The second-order valence-electron chi connectivity index (χ2n) is 6.21. The van der Waals surface area contributed by atoms with Crippen LogP contribution in [0.2, 0.25) is 5.02 Å². The van der Waals surface area contributed by atoms with E-state index < -0.39 is 6.10 Å². The van der Waals surface area contributed by atoms with Crippen LogP contribution in [0.5, 0.6) is 0 Å². The van der Waals surface area contributed by atoms with E-state index in [0.29, 0.717) is 11.6 Å². The van der Waals surface area contributed by atoms with Gasteiger partial charge in [-0.1, -0.05) is 84.4 Å². The highest BCUT2D eigenvalue weighted by atomic mass is 35.5. The fourth-order valence-corrected chi connectivity index (χ4v) is 3.03. The molecule has 0 fully saturated rings. The first kappa shape index (κ1) is 17.7. The lowest BCUT2D eigenvalue weighted by Crippen LogP contribution is -2.28. The van der Waals surface area contributed by atoms with E-state index in [1.54, 1.807) is 0 Å². The standard InChI is InChI=1S/C22H22ClNO/c23-21-13-11-20(12-14-21)22(25)17-24(15-18-7-3-1-4-8-18)16-19-9-5-2-6-10-19/h1-14,22,25H,15-17H2/t22-/m1/s1. The highest BCUT2D eigenvalue weighted by molar-refractivity contribution is 6.30. The summed E-state index contributed by atoms with van der Waals surface area (Å²) in [5.41, 5.74) is 3.36. The van der Waals surface area contributed by atoms with E-state index in [9.17, 15) is 5.11 Å². The third-order valence-electron chi connectivity index (χ3n) is 4.18. The van der Waals surface area contributed by atoms with Crippen LogP contribution in [0.4, 0.5) is 0 Å². The van der Waals surface area contributed by atoms with Crippen molar-refractivity contribution in [2.45, 2.75) is 19.2 Å². The Kier molecular flexibility index (Phi) is 6.24. The number of halogens is 1. The van der Waals surface area contributed by atoms with E-state index in [1.807, 2.05) is 60.7 Å². The van der Waals surface area contributed by atoms with E-state index >= 15 is 0 Å². The van der Waals surface area contributed by atoms with Gasteiger partial charge < -0.3 is 5.11 Å². The van der Waals surface area contributed by atoms with Gasteiger partial charge in [-0.15, -0.1) is 0 Å². The first-order chi connectivity index (χ1) is 12.2. The largest absolute Gasteiger partial charge is 0.387 e. The minimum absolute atomic E-state index is 0.551. The number of benzene rings is 3. The number of nitrogens with zero attached hydrogens (tertiary/aromatic N) is 1. The molecule has 3 rings (SSSR count). The van der Waals surface area contributed by atoms with Crippen molar-refractivity contribution in [2.75, 3.05) is 6.54 Å². The van der Waals surface area contributed by atoms with Gasteiger partial charge in [-0.3, -0.25) is 4.90 Å². The molecule has 0 aliphatic heterocycles. The maximum atomic E-state index is 10.7. The quantitative estimate of drug-likeness (QED) is 0.642. The fourth-order valence-electron chi connectivity index (χ4n) is 2.90. The first-order valence-electron chi connectivity index (χ1n) is 8.44. The summed E-state index contributed by atoms with van der Waals surface area (Å²) in [5, 5.41) is 11.3. The molecule has 0 aliphatic carbocycles. The molecule has 128 valence electrons. The Labute approximate surface area is 154 Å². The Balaban J connectivity index is 1.74. The molecule has 0 amide bonds. The van der Waals surface area contributed by atoms with Crippen LogP contribution in [-0.4, -0.2) is 16.6 Å². The van der Waals surface area contributed by atoms with E-state index in [1.165, 1.54) is 11.1 Å². The van der Waals surface area contributed by atoms with E-state index in [-0.39, 0.29) is 0 Å². The van der Waals surface area contributed by atoms with Crippen molar-refractivity contribution in [3.8, 4) is 0 Å². The zero-order valence-corrected chi connectivity index (χ0v) is 14.8. The van der Waals surface area contributed by atoms with Gasteiger partial charge in [-0.2, -0.15) is 0 Å². The lowest BCUT2D eigenvalue weighted by Gasteiger charge is -2.25. The second-order valence-corrected chi connectivity index (χ2v) is 6.64. The molecule has 0 spiro atoms. The third kappa shape index (κ3) is 5.43. The van der Waals surface area contributed by atoms with Crippen LogP contribution >= 0.6 is 11.6 Å². The molecule has 25 heavy (non-hydrogen) atoms. The predicted octanol–water partition coefficient (Wildman–Crippen LogP) is 5.08. The van der Waals surface area contributed by atoms with Crippen molar-refractivity contribution in [1.82, 2.24) is 4.90 Å². The molecule has 0 unspecified atom stereocenters. The molecule has 3 heteroatoms. The van der Waals surface area contributed by atoms with Gasteiger partial charge >= 0.3 is 0 Å². The van der Waals surface area contributed by atoms with Crippen molar-refractivity contribution in [3.05, 3.63) is 107 Å². The molecule has 3 aromatic rings. The number of rotatable bonds is 7. The van der Waals surface area contributed by atoms with Crippen LogP contribution in [-0.2, 0) is 13.1 Å². The Hall–Kier alpha value is -2.13. The molecule has 0 saturated heterocycles. The Morgan fingerprint density at radius 1 is 0.720 bits per heavy atom. The molecule has 2 nitrogen and oxygen atoms in total. The van der Waals surface area contributed by atoms with E-state index in [2.05, 4.69) is 29.2 Å². The highest BCUT2D eigenvalue weighted by Crippen LogP contribution is 2.20. The molecule has 0 aliphatic rings. The average molecular weight is 352 g/mol. The predicted molar refractivity (Wildman–Crippen MR) is 103 cm³/mol. The van der Waals surface area contributed by atoms with Crippen molar-refractivity contribution >= 4 is 11.6 Å². The van der Waals surface area contributed by atoms with Gasteiger partial charge in [0.1, 0.15) is 0 Å². The van der Waals surface area contributed by atoms with Gasteiger partial charge in [0.2, 0.25) is 0 Å². The minimum atomic E-state index is -0.551. The Bertz CT molecular complexity index is 718. The van der Waals surface area contributed by atoms with Crippen LogP contribution in [0.1, 0.15) is 22.8 Å². The summed E-state index contributed by atoms with van der Waals surface area (Å²) < 4.78 is 0. The molecule has 1 N–H and O–H groups in total. The van der Waals surface area contributed by atoms with Crippen LogP contribution in [0.3, 0.4) is 0 Å². The summed E-state index contributed by atoms with van der Waals surface area (Å²) in [6.07, 6.45) is -0.551. The van der Waals surface area contributed by atoms with Gasteiger partial charge in [-0.25, -0.2) is 0 Å². The summed E-state index contributed by atoms with van der Waals surface area (Å²) in [4.78, 5) is 2.27. The molecule has 0 radical (unpaired) electrons. The zero-order chi connectivity index (χ0) is 17.5. The van der Waals surface area contributed by atoms with Crippen molar-refractivity contribution in [3.63, 3.8) is 0 Å². The van der Waals surface area contributed by atoms with Crippen molar-refractivity contribution in [1.29, 1.82) is 0 Å².